The number of ether oxygens (including phenoxy) is 1. The summed E-state index contributed by atoms with van der Waals surface area (Å²) >= 11 is 0. The van der Waals surface area contributed by atoms with Gasteiger partial charge in [0.05, 0.1) is 6.07 Å². The van der Waals surface area contributed by atoms with Gasteiger partial charge in [-0.1, -0.05) is 23.8 Å². The monoisotopic (exact) mass is 241 g/mol. The lowest BCUT2D eigenvalue weighted by Crippen LogP contribution is -1.97. The van der Waals surface area contributed by atoms with Crippen LogP contribution in [0.1, 0.15) is 33.3 Å². The molecule has 1 aromatic rings. The van der Waals surface area contributed by atoms with E-state index in [-0.39, 0.29) is 0 Å². The molecule has 0 atom stereocenters. The van der Waals surface area contributed by atoms with E-state index in [1.54, 1.807) is 0 Å². The number of nitrogens with zero attached hydrogens (tertiary/aromatic N) is 1. The summed E-state index contributed by atoms with van der Waals surface area (Å²) in [5.74, 6) is 0.821. The van der Waals surface area contributed by atoms with E-state index in [1.165, 1.54) is 5.57 Å². The molecule has 0 aliphatic carbocycles. The minimum atomic E-state index is 0.554. The molecule has 0 N–H and O–H groups in total. The van der Waals surface area contributed by atoms with Crippen molar-refractivity contribution in [1.82, 2.24) is 0 Å². The van der Waals surface area contributed by atoms with Crippen molar-refractivity contribution in [2.75, 3.05) is 6.61 Å². The Hall–Kier alpha value is -2.01. The van der Waals surface area contributed by atoms with Crippen LogP contribution in [0.15, 0.2) is 41.5 Å². The summed E-state index contributed by atoms with van der Waals surface area (Å²) in [6.07, 6.45) is 2.03. The van der Waals surface area contributed by atoms with Gasteiger partial charge in [-0.3, -0.25) is 0 Å². The molecule has 0 aliphatic heterocycles. The van der Waals surface area contributed by atoms with Gasteiger partial charge in [0.25, 0.3) is 0 Å². The van der Waals surface area contributed by atoms with Crippen molar-refractivity contribution in [2.45, 2.75) is 27.7 Å². The molecule has 18 heavy (non-hydrogen) atoms. The van der Waals surface area contributed by atoms with Gasteiger partial charge < -0.3 is 4.74 Å². The van der Waals surface area contributed by atoms with E-state index in [1.807, 2.05) is 58.0 Å². The average molecular weight is 241 g/mol. The second-order valence-electron chi connectivity index (χ2n) is 4.45. The van der Waals surface area contributed by atoms with Crippen LogP contribution in [0.25, 0.3) is 5.57 Å². The van der Waals surface area contributed by atoms with Crippen LogP contribution in [0.4, 0.5) is 0 Å². The van der Waals surface area contributed by atoms with Crippen LogP contribution in [-0.4, -0.2) is 6.61 Å². The molecular weight excluding hydrogens is 222 g/mol. The lowest BCUT2D eigenvalue weighted by atomic mass is 10.0. The summed E-state index contributed by atoms with van der Waals surface area (Å²) < 4.78 is 5.74. The number of hydrogen-bond acceptors (Lipinski definition) is 2. The molecule has 0 fully saturated rings. The van der Waals surface area contributed by atoms with E-state index in [0.717, 1.165) is 16.9 Å². The molecule has 0 aromatic heterocycles. The van der Waals surface area contributed by atoms with Crippen molar-refractivity contribution in [1.29, 1.82) is 5.26 Å². The number of para-hydroxylation sites is 1. The second-order valence-corrected chi connectivity index (χ2v) is 4.45. The fourth-order valence-electron chi connectivity index (χ4n) is 1.49. The number of nitriles is 1. The molecule has 0 saturated heterocycles. The van der Waals surface area contributed by atoms with Gasteiger partial charge in [0, 0.05) is 11.1 Å². The zero-order valence-electron chi connectivity index (χ0n) is 11.4. The minimum Gasteiger partial charge on any atom is -0.489 e. The fraction of sp³-hybridized carbons (Fsp3) is 0.312. The zero-order chi connectivity index (χ0) is 13.5. The highest BCUT2D eigenvalue weighted by Gasteiger charge is 2.06. The van der Waals surface area contributed by atoms with Crippen LogP contribution in [0, 0.1) is 11.3 Å². The highest BCUT2D eigenvalue weighted by Crippen LogP contribution is 2.27. The van der Waals surface area contributed by atoms with Gasteiger partial charge in [-0.05, 0) is 45.4 Å². The molecule has 2 heteroatoms. The smallest absolute Gasteiger partial charge is 0.127 e. The zero-order valence-corrected chi connectivity index (χ0v) is 11.4. The van der Waals surface area contributed by atoms with E-state index < -0.39 is 0 Å². The van der Waals surface area contributed by atoms with Crippen LogP contribution in [0.3, 0.4) is 0 Å². The topological polar surface area (TPSA) is 33.0 Å². The molecule has 0 saturated carbocycles. The first-order chi connectivity index (χ1) is 8.56. The second kappa shape index (κ2) is 6.66. The van der Waals surface area contributed by atoms with Crippen LogP contribution < -0.4 is 4.74 Å². The maximum atomic E-state index is 8.95. The van der Waals surface area contributed by atoms with Crippen molar-refractivity contribution in [3.63, 3.8) is 0 Å². The van der Waals surface area contributed by atoms with Gasteiger partial charge in [0.15, 0.2) is 0 Å². The number of benzene rings is 1. The van der Waals surface area contributed by atoms with E-state index in [4.69, 9.17) is 10.00 Å². The van der Waals surface area contributed by atoms with Crippen molar-refractivity contribution in [3.8, 4) is 11.8 Å². The lowest BCUT2D eigenvalue weighted by molar-refractivity contribution is 0.361. The number of allylic oxidation sites excluding steroid dienone is 3. The van der Waals surface area contributed by atoms with Gasteiger partial charge in [-0.25, -0.2) is 0 Å². The van der Waals surface area contributed by atoms with E-state index in [9.17, 15) is 0 Å². The van der Waals surface area contributed by atoms with E-state index >= 15 is 0 Å². The molecule has 0 aliphatic rings. The van der Waals surface area contributed by atoms with Gasteiger partial charge in [-0.15, -0.1) is 0 Å². The molecule has 0 spiro atoms. The predicted octanol–water partition coefficient (Wildman–Crippen LogP) is 4.35. The summed E-state index contributed by atoms with van der Waals surface area (Å²) in [4.78, 5) is 0. The van der Waals surface area contributed by atoms with Crippen molar-refractivity contribution < 1.29 is 4.74 Å². The maximum Gasteiger partial charge on any atom is 0.127 e. The first-order valence-electron chi connectivity index (χ1n) is 5.99. The largest absolute Gasteiger partial charge is 0.489 e. The highest BCUT2D eigenvalue weighted by molar-refractivity contribution is 5.73. The van der Waals surface area contributed by atoms with Gasteiger partial charge in [0.1, 0.15) is 12.4 Å². The Bertz CT molecular complexity index is 514. The van der Waals surface area contributed by atoms with Crippen LogP contribution in [-0.2, 0) is 0 Å². The Morgan fingerprint density at radius 3 is 2.50 bits per heavy atom. The van der Waals surface area contributed by atoms with Crippen molar-refractivity contribution in [3.05, 3.63) is 47.1 Å². The summed E-state index contributed by atoms with van der Waals surface area (Å²) in [5.41, 5.74) is 3.89. The summed E-state index contributed by atoms with van der Waals surface area (Å²) in [5, 5.41) is 8.95. The molecule has 0 bridgehead atoms. The predicted molar refractivity (Wildman–Crippen MR) is 75.2 cm³/mol. The Morgan fingerprint density at radius 2 is 1.89 bits per heavy atom. The molecule has 2 nitrogen and oxygen atoms in total. The van der Waals surface area contributed by atoms with Crippen LogP contribution in [0.2, 0.25) is 0 Å². The van der Waals surface area contributed by atoms with Crippen LogP contribution >= 0.6 is 0 Å². The Balaban J connectivity index is 3.01. The normalized spacial score (nSPS) is 11.3. The first-order valence-corrected chi connectivity index (χ1v) is 5.99. The SMILES string of the molecule is CC(C)=CCOc1ccccc1C(C)=C(C)C#N. The Labute approximate surface area is 109 Å². The Kier molecular flexibility index (Phi) is 5.20. The fourth-order valence-corrected chi connectivity index (χ4v) is 1.49. The molecular formula is C16H19NO. The third-order valence-electron chi connectivity index (χ3n) is 2.75. The van der Waals surface area contributed by atoms with Gasteiger partial charge >= 0.3 is 0 Å². The molecule has 1 aromatic carbocycles. The van der Waals surface area contributed by atoms with Crippen molar-refractivity contribution >= 4 is 5.57 Å². The molecule has 0 unspecified atom stereocenters. The molecule has 0 amide bonds. The molecule has 94 valence electrons. The van der Waals surface area contributed by atoms with Crippen molar-refractivity contribution in [2.24, 2.45) is 0 Å². The maximum absolute atomic E-state index is 8.95. The summed E-state index contributed by atoms with van der Waals surface area (Å²) in [6.45, 7) is 8.41. The summed E-state index contributed by atoms with van der Waals surface area (Å²) in [6, 6.07) is 9.99. The third-order valence-corrected chi connectivity index (χ3v) is 2.75. The molecule has 0 heterocycles. The third kappa shape index (κ3) is 3.78. The van der Waals surface area contributed by atoms with Gasteiger partial charge in [-0.2, -0.15) is 5.26 Å². The van der Waals surface area contributed by atoms with Crippen LogP contribution in [0.5, 0.6) is 5.75 Å². The summed E-state index contributed by atoms with van der Waals surface area (Å²) in [7, 11) is 0. The lowest BCUT2D eigenvalue weighted by Gasteiger charge is -2.11. The molecule has 0 radical (unpaired) electrons. The van der Waals surface area contributed by atoms with Gasteiger partial charge in [0.2, 0.25) is 0 Å². The number of rotatable bonds is 4. The minimum absolute atomic E-state index is 0.554. The van der Waals surface area contributed by atoms with E-state index in [2.05, 4.69) is 6.07 Å². The first kappa shape index (κ1) is 14.1. The standard InChI is InChI=1S/C16H19NO/c1-12(2)9-10-18-16-8-6-5-7-15(16)14(4)13(3)11-17/h5-9H,10H2,1-4H3. The Morgan fingerprint density at radius 1 is 1.22 bits per heavy atom. The molecule has 1 rings (SSSR count). The number of hydrogen-bond donors (Lipinski definition) is 0. The highest BCUT2D eigenvalue weighted by atomic mass is 16.5. The van der Waals surface area contributed by atoms with E-state index in [0.29, 0.717) is 12.2 Å². The average Bonchev–Trinajstić information content (AvgIpc) is 2.37. The quantitative estimate of drug-likeness (QED) is 0.580.